The van der Waals surface area contributed by atoms with Gasteiger partial charge in [0.15, 0.2) is 0 Å². The number of rotatable bonds is 1. The molecule has 12 heavy (non-hydrogen) atoms. The van der Waals surface area contributed by atoms with Gasteiger partial charge in [0.25, 0.3) is 0 Å². The third kappa shape index (κ3) is 1.21. The number of hydrogen-bond donors (Lipinski definition) is 0. The molecule has 1 heterocycles. The van der Waals surface area contributed by atoms with Crippen molar-refractivity contribution < 1.29 is 4.52 Å². The Labute approximate surface area is 74.8 Å². The van der Waals surface area contributed by atoms with Crippen molar-refractivity contribution in [2.24, 2.45) is 0 Å². The van der Waals surface area contributed by atoms with E-state index in [0.29, 0.717) is 5.22 Å². The van der Waals surface area contributed by atoms with Crippen LogP contribution in [0.1, 0.15) is 0 Å². The van der Waals surface area contributed by atoms with Crippen LogP contribution in [-0.2, 0) is 0 Å². The maximum Gasteiger partial charge on any atom is 0.233 e. The highest BCUT2D eigenvalue weighted by Gasteiger charge is 2.05. The van der Waals surface area contributed by atoms with E-state index in [0.717, 1.165) is 11.1 Å². The monoisotopic (exact) mass is 179 g/mol. The number of hydrogen-bond acceptors (Lipinski definition) is 2. The summed E-state index contributed by atoms with van der Waals surface area (Å²) in [6.45, 7) is 0. The van der Waals surface area contributed by atoms with Crippen LogP contribution in [-0.4, -0.2) is 5.16 Å². The molecule has 0 aliphatic rings. The van der Waals surface area contributed by atoms with Gasteiger partial charge in [0.1, 0.15) is 0 Å². The summed E-state index contributed by atoms with van der Waals surface area (Å²) in [5.41, 5.74) is 1.85. The molecule has 0 radical (unpaired) electrons. The van der Waals surface area contributed by atoms with Crippen LogP contribution in [0.3, 0.4) is 0 Å². The molecule has 0 amide bonds. The van der Waals surface area contributed by atoms with Crippen molar-refractivity contribution in [2.75, 3.05) is 0 Å². The Morgan fingerprint density at radius 1 is 1.17 bits per heavy atom. The molecule has 0 fully saturated rings. The lowest BCUT2D eigenvalue weighted by molar-refractivity contribution is 0.422. The molecular weight excluding hydrogens is 174 g/mol. The van der Waals surface area contributed by atoms with Crippen LogP contribution < -0.4 is 0 Å². The van der Waals surface area contributed by atoms with E-state index in [1.165, 1.54) is 0 Å². The highest BCUT2D eigenvalue weighted by atomic mass is 35.5. The Balaban J connectivity index is 2.51. The van der Waals surface area contributed by atoms with E-state index in [9.17, 15) is 0 Å². The van der Waals surface area contributed by atoms with Crippen LogP contribution in [0.4, 0.5) is 0 Å². The molecule has 2 nitrogen and oxygen atoms in total. The van der Waals surface area contributed by atoms with E-state index in [-0.39, 0.29) is 0 Å². The van der Waals surface area contributed by atoms with Gasteiger partial charge in [-0.3, -0.25) is 0 Å². The molecule has 2 rings (SSSR count). The number of aromatic nitrogens is 1. The maximum atomic E-state index is 5.75. The minimum atomic E-state index is 0.334. The van der Waals surface area contributed by atoms with Crippen LogP contribution in [0.15, 0.2) is 41.1 Å². The molecule has 0 aliphatic heterocycles. The summed E-state index contributed by atoms with van der Waals surface area (Å²) in [5, 5.41) is 3.93. The second-order valence-corrected chi connectivity index (χ2v) is 2.72. The Hall–Kier alpha value is -1.28. The highest BCUT2D eigenvalue weighted by molar-refractivity contribution is 6.31. The van der Waals surface area contributed by atoms with Gasteiger partial charge in [-0.05, 0) is 17.2 Å². The average molecular weight is 180 g/mol. The zero-order chi connectivity index (χ0) is 8.39. The molecule has 3 heteroatoms. The highest BCUT2D eigenvalue weighted by Crippen LogP contribution is 2.26. The van der Waals surface area contributed by atoms with E-state index in [1.807, 2.05) is 30.3 Å². The molecule has 0 saturated carbocycles. The lowest BCUT2D eigenvalue weighted by Crippen LogP contribution is -1.71. The fourth-order valence-corrected chi connectivity index (χ4v) is 1.23. The summed E-state index contributed by atoms with van der Waals surface area (Å²) in [6, 6.07) is 9.75. The minimum absolute atomic E-state index is 0.334. The van der Waals surface area contributed by atoms with E-state index in [1.54, 1.807) is 6.20 Å². The van der Waals surface area contributed by atoms with Gasteiger partial charge >= 0.3 is 0 Å². The second kappa shape index (κ2) is 2.99. The van der Waals surface area contributed by atoms with Crippen LogP contribution in [0.25, 0.3) is 11.1 Å². The van der Waals surface area contributed by atoms with Crippen molar-refractivity contribution in [1.82, 2.24) is 5.16 Å². The number of nitrogens with zero attached hydrogens (tertiary/aromatic N) is 1. The van der Waals surface area contributed by atoms with Crippen molar-refractivity contribution in [3.63, 3.8) is 0 Å². The number of halogens is 1. The first-order chi connectivity index (χ1) is 5.88. The summed E-state index contributed by atoms with van der Waals surface area (Å²) >= 11 is 5.75. The molecule has 0 saturated heterocycles. The quantitative estimate of drug-likeness (QED) is 0.673. The van der Waals surface area contributed by atoms with E-state index in [2.05, 4.69) is 5.16 Å². The molecule has 1 aromatic heterocycles. The predicted molar refractivity (Wildman–Crippen MR) is 46.9 cm³/mol. The smallest absolute Gasteiger partial charge is 0.233 e. The lowest BCUT2D eigenvalue weighted by atomic mass is 10.1. The van der Waals surface area contributed by atoms with Crippen molar-refractivity contribution in [2.45, 2.75) is 0 Å². The Bertz CT molecular complexity index is 369. The average Bonchev–Trinajstić information content (AvgIpc) is 2.53. The first-order valence-corrected chi connectivity index (χ1v) is 3.91. The Morgan fingerprint density at radius 2 is 1.92 bits per heavy atom. The predicted octanol–water partition coefficient (Wildman–Crippen LogP) is 3.00. The lowest BCUT2D eigenvalue weighted by Gasteiger charge is -1.93. The molecule has 2 aromatic rings. The topological polar surface area (TPSA) is 26.0 Å². The molecule has 0 bridgehead atoms. The van der Waals surface area contributed by atoms with Gasteiger partial charge in [-0.15, -0.1) is 0 Å². The van der Waals surface area contributed by atoms with Crippen molar-refractivity contribution in [3.05, 3.63) is 41.7 Å². The number of benzene rings is 1. The maximum absolute atomic E-state index is 5.75. The van der Waals surface area contributed by atoms with Crippen molar-refractivity contribution in [1.29, 1.82) is 0 Å². The van der Waals surface area contributed by atoms with Crippen LogP contribution >= 0.6 is 11.6 Å². The van der Waals surface area contributed by atoms with Crippen LogP contribution in [0.2, 0.25) is 5.22 Å². The van der Waals surface area contributed by atoms with Gasteiger partial charge in [0.2, 0.25) is 5.22 Å². The normalized spacial score (nSPS) is 10.1. The van der Waals surface area contributed by atoms with Crippen molar-refractivity contribution in [3.8, 4) is 11.1 Å². The standard InChI is InChI=1S/C9H6ClNO/c10-9-8(6-11-12-9)7-4-2-1-3-5-7/h1-6H. The van der Waals surface area contributed by atoms with E-state index < -0.39 is 0 Å². The Kier molecular flexibility index (Phi) is 1.84. The minimum Gasteiger partial charge on any atom is -0.344 e. The molecule has 0 spiro atoms. The molecule has 60 valence electrons. The van der Waals surface area contributed by atoms with Gasteiger partial charge in [0.05, 0.1) is 11.8 Å². The summed E-state index contributed by atoms with van der Waals surface area (Å²) < 4.78 is 4.73. The molecular formula is C9H6ClNO. The van der Waals surface area contributed by atoms with E-state index >= 15 is 0 Å². The van der Waals surface area contributed by atoms with Crippen LogP contribution in [0.5, 0.6) is 0 Å². The SMILES string of the molecule is Clc1oncc1-c1ccccc1. The fraction of sp³-hybridized carbons (Fsp3) is 0. The van der Waals surface area contributed by atoms with Gasteiger partial charge in [0, 0.05) is 0 Å². The zero-order valence-electron chi connectivity index (χ0n) is 6.20. The first kappa shape index (κ1) is 7.37. The van der Waals surface area contributed by atoms with E-state index in [4.69, 9.17) is 16.1 Å². The third-order valence-electron chi connectivity index (χ3n) is 1.61. The first-order valence-electron chi connectivity index (χ1n) is 3.53. The zero-order valence-corrected chi connectivity index (χ0v) is 6.95. The van der Waals surface area contributed by atoms with Gasteiger partial charge < -0.3 is 4.52 Å². The molecule has 1 aromatic carbocycles. The van der Waals surface area contributed by atoms with Gasteiger partial charge in [-0.25, -0.2) is 0 Å². The van der Waals surface area contributed by atoms with Crippen LogP contribution in [0, 0.1) is 0 Å². The third-order valence-corrected chi connectivity index (χ3v) is 1.88. The molecule has 0 N–H and O–H groups in total. The molecule has 0 aliphatic carbocycles. The summed E-state index contributed by atoms with van der Waals surface area (Å²) in [7, 11) is 0. The fourth-order valence-electron chi connectivity index (χ4n) is 1.03. The van der Waals surface area contributed by atoms with Gasteiger partial charge in [-0.1, -0.05) is 35.5 Å². The molecule has 0 unspecified atom stereocenters. The summed E-state index contributed by atoms with van der Waals surface area (Å²) in [4.78, 5) is 0. The molecule has 0 atom stereocenters. The second-order valence-electron chi connectivity index (χ2n) is 2.38. The summed E-state index contributed by atoms with van der Waals surface area (Å²) in [5.74, 6) is 0. The van der Waals surface area contributed by atoms with Gasteiger partial charge in [-0.2, -0.15) is 0 Å². The van der Waals surface area contributed by atoms with Crippen molar-refractivity contribution >= 4 is 11.6 Å². The largest absolute Gasteiger partial charge is 0.344 e. The summed E-state index contributed by atoms with van der Waals surface area (Å²) in [6.07, 6.45) is 1.61. The Morgan fingerprint density at radius 3 is 2.50 bits per heavy atom.